The van der Waals surface area contributed by atoms with Crippen LogP contribution in [-0.4, -0.2) is 52.1 Å². The number of carbonyl (C=O) groups is 2. The highest BCUT2D eigenvalue weighted by Gasteiger charge is 2.32. The van der Waals surface area contributed by atoms with Crippen LogP contribution in [0.25, 0.3) is 11.3 Å². The van der Waals surface area contributed by atoms with Gasteiger partial charge in [0.25, 0.3) is 0 Å². The number of benzene rings is 1. The van der Waals surface area contributed by atoms with E-state index in [0.717, 1.165) is 18.5 Å². The molecule has 136 valence electrons. The average Bonchev–Trinajstić information content (AvgIpc) is 3.11. The van der Waals surface area contributed by atoms with Gasteiger partial charge in [0.05, 0.1) is 17.3 Å². The maximum atomic E-state index is 12.3. The summed E-state index contributed by atoms with van der Waals surface area (Å²) < 4.78 is 4.96. The van der Waals surface area contributed by atoms with Crippen molar-refractivity contribution in [3.05, 3.63) is 47.4 Å². The molecule has 0 aliphatic carbocycles. The molecule has 0 spiro atoms. The Kier molecular flexibility index (Phi) is 5.27. The number of aromatic carboxylic acids is 1. The van der Waals surface area contributed by atoms with Crippen molar-refractivity contribution in [1.82, 2.24) is 14.9 Å². The zero-order chi connectivity index (χ0) is 18.7. The van der Waals surface area contributed by atoms with Gasteiger partial charge in [0.1, 0.15) is 6.61 Å². The summed E-state index contributed by atoms with van der Waals surface area (Å²) in [4.78, 5) is 34.4. The van der Waals surface area contributed by atoms with Crippen molar-refractivity contribution >= 4 is 11.9 Å². The SMILES string of the molecule is COCC(=O)N1CCC[C@@H]1c1nc(C)cc(-c2cccc(C(=O)O)c2)n1. The Morgan fingerprint density at radius 2 is 2.12 bits per heavy atom. The lowest BCUT2D eigenvalue weighted by Crippen LogP contribution is -2.34. The Balaban J connectivity index is 1.96. The van der Waals surface area contributed by atoms with Gasteiger partial charge >= 0.3 is 5.97 Å². The van der Waals surface area contributed by atoms with Gasteiger partial charge in [-0.3, -0.25) is 4.79 Å². The van der Waals surface area contributed by atoms with Crippen LogP contribution in [0.4, 0.5) is 0 Å². The summed E-state index contributed by atoms with van der Waals surface area (Å²) in [6.07, 6.45) is 1.69. The predicted octanol–water partition coefficient (Wildman–Crippen LogP) is 2.46. The number of hydrogen-bond acceptors (Lipinski definition) is 5. The molecule has 1 aromatic heterocycles. The highest BCUT2D eigenvalue weighted by atomic mass is 16.5. The number of methoxy groups -OCH3 is 1. The van der Waals surface area contributed by atoms with Crippen molar-refractivity contribution in [3.63, 3.8) is 0 Å². The number of aromatic nitrogens is 2. The Morgan fingerprint density at radius 1 is 1.31 bits per heavy atom. The molecule has 7 nitrogen and oxygen atoms in total. The first-order valence-corrected chi connectivity index (χ1v) is 8.47. The maximum Gasteiger partial charge on any atom is 0.335 e. The second kappa shape index (κ2) is 7.61. The smallest absolute Gasteiger partial charge is 0.335 e. The van der Waals surface area contributed by atoms with Crippen molar-refractivity contribution in [1.29, 1.82) is 0 Å². The van der Waals surface area contributed by atoms with Crippen LogP contribution < -0.4 is 0 Å². The fraction of sp³-hybridized carbons (Fsp3) is 0.368. The van der Waals surface area contributed by atoms with Gasteiger partial charge in [-0.05, 0) is 38.0 Å². The number of rotatable bonds is 5. The largest absolute Gasteiger partial charge is 0.478 e. The standard InChI is InChI=1S/C19H21N3O4/c1-12-9-15(13-5-3-6-14(10-13)19(24)25)21-18(20-12)16-7-4-8-22(16)17(23)11-26-2/h3,5-6,9-10,16H,4,7-8,11H2,1-2H3,(H,24,25)/t16-/m1/s1. The van der Waals surface area contributed by atoms with Gasteiger partial charge in [0, 0.05) is 24.9 Å². The van der Waals surface area contributed by atoms with E-state index in [1.54, 1.807) is 23.1 Å². The molecule has 2 heterocycles. The first kappa shape index (κ1) is 18.0. The summed E-state index contributed by atoms with van der Waals surface area (Å²) >= 11 is 0. The molecule has 7 heteroatoms. The highest BCUT2D eigenvalue weighted by molar-refractivity contribution is 5.89. The van der Waals surface area contributed by atoms with Crippen molar-refractivity contribution in [3.8, 4) is 11.3 Å². The van der Waals surface area contributed by atoms with E-state index in [0.29, 0.717) is 23.6 Å². The number of amides is 1. The fourth-order valence-electron chi connectivity index (χ4n) is 3.24. The summed E-state index contributed by atoms with van der Waals surface area (Å²) in [5.41, 5.74) is 2.35. The van der Waals surface area contributed by atoms with E-state index in [1.807, 2.05) is 19.1 Å². The number of nitrogens with zero attached hydrogens (tertiary/aromatic N) is 3. The van der Waals surface area contributed by atoms with Crippen molar-refractivity contribution < 1.29 is 19.4 Å². The van der Waals surface area contributed by atoms with Gasteiger partial charge in [0.15, 0.2) is 5.82 Å². The van der Waals surface area contributed by atoms with Gasteiger partial charge in [-0.15, -0.1) is 0 Å². The molecule has 3 rings (SSSR count). The molecule has 2 aromatic rings. The van der Waals surface area contributed by atoms with Crippen LogP contribution in [0, 0.1) is 6.92 Å². The maximum absolute atomic E-state index is 12.3. The summed E-state index contributed by atoms with van der Waals surface area (Å²) in [7, 11) is 1.50. The topological polar surface area (TPSA) is 92.6 Å². The van der Waals surface area contributed by atoms with Gasteiger partial charge in [0.2, 0.25) is 5.91 Å². The molecule has 1 aliphatic rings. The number of carboxylic acids is 1. The van der Waals surface area contributed by atoms with E-state index in [-0.39, 0.29) is 24.1 Å². The van der Waals surface area contributed by atoms with Crippen LogP contribution in [0.3, 0.4) is 0 Å². The lowest BCUT2D eigenvalue weighted by molar-refractivity contribution is -0.136. The van der Waals surface area contributed by atoms with E-state index in [4.69, 9.17) is 4.74 Å². The molecule has 1 N–H and O–H groups in total. The molecule has 1 fully saturated rings. The Morgan fingerprint density at radius 3 is 2.85 bits per heavy atom. The first-order chi connectivity index (χ1) is 12.5. The molecule has 1 amide bonds. The quantitative estimate of drug-likeness (QED) is 0.886. The predicted molar refractivity (Wildman–Crippen MR) is 94.7 cm³/mol. The molecule has 1 aliphatic heterocycles. The number of ether oxygens (including phenoxy) is 1. The Hall–Kier alpha value is -2.80. The van der Waals surface area contributed by atoms with Crippen molar-refractivity contribution in [2.24, 2.45) is 0 Å². The molecular weight excluding hydrogens is 334 g/mol. The fourth-order valence-corrected chi connectivity index (χ4v) is 3.24. The lowest BCUT2D eigenvalue weighted by atomic mass is 10.1. The van der Waals surface area contributed by atoms with Crippen LogP contribution >= 0.6 is 0 Å². The van der Waals surface area contributed by atoms with E-state index in [2.05, 4.69) is 9.97 Å². The number of aryl methyl sites for hydroxylation is 1. The van der Waals surface area contributed by atoms with Crippen molar-refractivity contribution in [2.45, 2.75) is 25.8 Å². The Labute approximate surface area is 151 Å². The third-order valence-electron chi connectivity index (χ3n) is 4.42. The van der Waals surface area contributed by atoms with Crippen molar-refractivity contribution in [2.75, 3.05) is 20.3 Å². The summed E-state index contributed by atoms with van der Waals surface area (Å²) in [6.45, 7) is 2.57. The molecule has 0 radical (unpaired) electrons. The molecule has 0 saturated carbocycles. The number of hydrogen-bond donors (Lipinski definition) is 1. The Bertz CT molecular complexity index is 837. The third-order valence-corrected chi connectivity index (χ3v) is 4.42. The van der Waals surface area contributed by atoms with E-state index < -0.39 is 5.97 Å². The second-order valence-corrected chi connectivity index (χ2v) is 6.32. The molecule has 1 aromatic carbocycles. The van der Waals surface area contributed by atoms with E-state index >= 15 is 0 Å². The molecule has 1 atom stereocenters. The normalized spacial score (nSPS) is 16.7. The highest BCUT2D eigenvalue weighted by Crippen LogP contribution is 2.31. The van der Waals surface area contributed by atoms with Crippen LogP contribution in [0.1, 0.15) is 40.8 Å². The molecule has 0 unspecified atom stereocenters. The van der Waals surface area contributed by atoms with Gasteiger partial charge in [-0.2, -0.15) is 0 Å². The zero-order valence-corrected chi connectivity index (χ0v) is 14.8. The first-order valence-electron chi connectivity index (χ1n) is 8.47. The molecule has 0 bridgehead atoms. The lowest BCUT2D eigenvalue weighted by Gasteiger charge is -2.24. The summed E-state index contributed by atoms with van der Waals surface area (Å²) in [5, 5.41) is 9.20. The van der Waals surface area contributed by atoms with Crippen LogP contribution in [-0.2, 0) is 9.53 Å². The van der Waals surface area contributed by atoms with E-state index in [1.165, 1.54) is 7.11 Å². The van der Waals surface area contributed by atoms with Gasteiger partial charge in [-0.1, -0.05) is 12.1 Å². The molecule has 1 saturated heterocycles. The second-order valence-electron chi connectivity index (χ2n) is 6.32. The monoisotopic (exact) mass is 355 g/mol. The van der Waals surface area contributed by atoms with Crippen LogP contribution in [0.15, 0.2) is 30.3 Å². The third kappa shape index (κ3) is 3.72. The summed E-state index contributed by atoms with van der Waals surface area (Å²) in [6, 6.07) is 8.29. The molecule has 26 heavy (non-hydrogen) atoms. The minimum atomic E-state index is -0.981. The van der Waals surface area contributed by atoms with Gasteiger partial charge < -0.3 is 14.7 Å². The van der Waals surface area contributed by atoms with Gasteiger partial charge in [-0.25, -0.2) is 14.8 Å². The number of carboxylic acid groups (broad SMARTS) is 1. The summed E-state index contributed by atoms with van der Waals surface area (Å²) in [5.74, 6) is -0.470. The molecular formula is C19H21N3O4. The number of carbonyl (C=O) groups excluding carboxylic acids is 1. The number of likely N-dealkylation sites (tertiary alicyclic amines) is 1. The van der Waals surface area contributed by atoms with E-state index in [9.17, 15) is 14.7 Å². The minimum Gasteiger partial charge on any atom is -0.478 e. The zero-order valence-electron chi connectivity index (χ0n) is 14.8. The minimum absolute atomic E-state index is 0.0375. The average molecular weight is 355 g/mol. The van der Waals surface area contributed by atoms with Crippen LogP contribution in [0.2, 0.25) is 0 Å². The van der Waals surface area contributed by atoms with Crippen LogP contribution in [0.5, 0.6) is 0 Å².